The summed E-state index contributed by atoms with van der Waals surface area (Å²) in [6, 6.07) is 27.1. The van der Waals surface area contributed by atoms with Crippen LogP contribution in [-0.4, -0.2) is 29.0 Å². The zero-order chi connectivity index (χ0) is 21.4. The van der Waals surface area contributed by atoms with Crippen molar-refractivity contribution < 1.29 is 9.72 Å². The summed E-state index contributed by atoms with van der Waals surface area (Å²) in [5.74, 6) is -1.04. The van der Waals surface area contributed by atoms with Gasteiger partial charge in [-0.3, -0.25) is 20.2 Å². The Labute approximate surface area is 180 Å². The first-order valence-corrected chi connectivity index (χ1v) is 10.5. The molecule has 0 bridgehead atoms. The van der Waals surface area contributed by atoms with Crippen LogP contribution in [-0.2, 0) is 4.79 Å². The van der Waals surface area contributed by atoms with Crippen LogP contribution in [0, 0.1) is 10.1 Å². The highest BCUT2D eigenvalue weighted by molar-refractivity contribution is 5.92. The average Bonchev–Trinajstić information content (AvgIpc) is 3.34. The second kappa shape index (κ2) is 7.63. The molecule has 5 rings (SSSR count). The third kappa shape index (κ3) is 3.02. The van der Waals surface area contributed by atoms with Crippen LogP contribution >= 0.6 is 0 Å². The number of nitrogens with zero attached hydrogens (tertiary/aromatic N) is 1. The van der Waals surface area contributed by atoms with Crippen LogP contribution in [0.3, 0.4) is 0 Å². The summed E-state index contributed by atoms with van der Waals surface area (Å²) in [4.78, 5) is 25.8. The lowest BCUT2D eigenvalue weighted by atomic mass is 9.69. The van der Waals surface area contributed by atoms with Gasteiger partial charge in [-0.25, -0.2) is 0 Å². The summed E-state index contributed by atoms with van der Waals surface area (Å²) in [5.41, 5.74) is 1.48. The minimum Gasteiger partial charge on any atom is -0.354 e. The molecule has 2 fully saturated rings. The maximum Gasteiger partial charge on any atom is 0.241 e. The second-order valence-corrected chi connectivity index (χ2v) is 8.24. The van der Waals surface area contributed by atoms with Gasteiger partial charge in [-0.15, -0.1) is 0 Å². The fourth-order valence-corrected chi connectivity index (χ4v) is 5.45. The molecule has 0 aromatic heterocycles. The van der Waals surface area contributed by atoms with Crippen LogP contribution in [0.25, 0.3) is 0 Å². The Morgan fingerprint density at radius 2 is 1.32 bits per heavy atom. The molecule has 31 heavy (non-hydrogen) atoms. The Kier molecular flexibility index (Phi) is 4.79. The molecular weight excluding hydrogens is 390 g/mol. The topological polar surface area (TPSA) is 84.3 Å². The number of rotatable bonds is 4. The molecule has 6 heteroatoms. The van der Waals surface area contributed by atoms with Crippen molar-refractivity contribution in [3.63, 3.8) is 0 Å². The van der Waals surface area contributed by atoms with Crippen molar-refractivity contribution in [3.8, 4) is 0 Å². The number of amides is 1. The van der Waals surface area contributed by atoms with Gasteiger partial charge in [0.25, 0.3) is 0 Å². The molecule has 2 heterocycles. The fraction of sp³-hybridized carbons (Fsp3) is 0.240. The first-order valence-electron chi connectivity index (χ1n) is 10.5. The molecule has 3 aromatic rings. The predicted molar refractivity (Wildman–Crippen MR) is 117 cm³/mol. The number of nitro groups is 1. The van der Waals surface area contributed by atoms with E-state index in [1.165, 1.54) is 0 Å². The summed E-state index contributed by atoms with van der Waals surface area (Å²) in [6.07, 6.45) is 0. The number of hydrogen-bond donors (Lipinski definition) is 2. The third-order valence-electron chi connectivity index (χ3n) is 6.72. The van der Waals surface area contributed by atoms with Gasteiger partial charge in [0.1, 0.15) is 11.6 Å². The summed E-state index contributed by atoms with van der Waals surface area (Å²) in [6.45, 7) is 0.436. The van der Waals surface area contributed by atoms with E-state index in [9.17, 15) is 14.9 Å². The summed E-state index contributed by atoms with van der Waals surface area (Å²) in [5, 5.41) is 19.0. The van der Waals surface area contributed by atoms with E-state index in [0.29, 0.717) is 6.54 Å². The fourth-order valence-electron chi connectivity index (χ4n) is 5.45. The lowest BCUT2D eigenvalue weighted by Crippen LogP contribution is -2.54. The molecule has 1 amide bonds. The zero-order valence-corrected chi connectivity index (χ0v) is 16.8. The van der Waals surface area contributed by atoms with Crippen LogP contribution in [0.15, 0.2) is 91.0 Å². The highest BCUT2D eigenvalue weighted by atomic mass is 16.6. The number of carbonyl (C=O) groups excluding carboxylic acids is 1. The van der Waals surface area contributed by atoms with Crippen molar-refractivity contribution in [3.05, 3.63) is 118 Å². The van der Waals surface area contributed by atoms with Crippen molar-refractivity contribution in [2.45, 2.75) is 29.5 Å². The first-order chi connectivity index (χ1) is 15.1. The first kappa shape index (κ1) is 19.5. The molecule has 0 aliphatic carbocycles. The highest BCUT2D eigenvalue weighted by Crippen LogP contribution is 2.53. The van der Waals surface area contributed by atoms with Crippen molar-refractivity contribution in [2.75, 3.05) is 6.54 Å². The normalized spacial score (nSPS) is 29.7. The number of hydrogen-bond acceptors (Lipinski definition) is 4. The predicted octanol–water partition coefficient (Wildman–Crippen LogP) is 3.41. The smallest absolute Gasteiger partial charge is 0.241 e. The van der Waals surface area contributed by atoms with E-state index in [0.717, 1.165) is 16.7 Å². The molecule has 2 saturated heterocycles. The van der Waals surface area contributed by atoms with E-state index in [-0.39, 0.29) is 16.7 Å². The molecule has 156 valence electrons. The Bertz CT molecular complexity index is 1090. The van der Waals surface area contributed by atoms with E-state index in [1.807, 2.05) is 91.0 Å². The van der Waals surface area contributed by atoms with Gasteiger partial charge in [0.05, 0.1) is 5.92 Å². The van der Waals surface area contributed by atoms with Gasteiger partial charge in [-0.2, -0.15) is 0 Å². The van der Waals surface area contributed by atoms with Crippen molar-refractivity contribution >= 4 is 5.91 Å². The van der Waals surface area contributed by atoms with Crippen molar-refractivity contribution in [2.24, 2.45) is 0 Å². The summed E-state index contributed by atoms with van der Waals surface area (Å²) >= 11 is 0. The molecule has 3 aromatic carbocycles. The number of carbonyl (C=O) groups is 1. The molecular formula is C25H23N3O3. The average molecular weight is 413 g/mol. The molecule has 0 saturated carbocycles. The van der Waals surface area contributed by atoms with E-state index in [4.69, 9.17) is 0 Å². The second-order valence-electron chi connectivity index (χ2n) is 8.24. The molecule has 0 unspecified atom stereocenters. The van der Waals surface area contributed by atoms with E-state index in [1.54, 1.807) is 0 Å². The largest absolute Gasteiger partial charge is 0.354 e. The third-order valence-corrected chi connectivity index (χ3v) is 6.72. The van der Waals surface area contributed by atoms with Crippen LogP contribution < -0.4 is 10.6 Å². The van der Waals surface area contributed by atoms with Gasteiger partial charge in [-0.05, 0) is 16.7 Å². The van der Waals surface area contributed by atoms with Crippen LogP contribution in [0.2, 0.25) is 0 Å². The molecule has 2 N–H and O–H groups in total. The maximum absolute atomic E-state index is 13.5. The Morgan fingerprint density at radius 3 is 1.87 bits per heavy atom. The van der Waals surface area contributed by atoms with E-state index >= 15 is 0 Å². The van der Waals surface area contributed by atoms with Gasteiger partial charge < -0.3 is 5.32 Å². The Morgan fingerprint density at radius 1 is 0.806 bits per heavy atom. The van der Waals surface area contributed by atoms with Crippen molar-refractivity contribution in [1.82, 2.24) is 10.6 Å². The standard InChI is InChI=1S/C25H23N3O3/c29-24-25(20(16-26-24)17-10-4-1-5-11-17)21(18-12-6-2-7-13-18)23(28(30)31)22(27-25)19-14-8-3-9-15-19/h1-15,20-23,27H,16H2,(H,26,29)/t20-,21-,22-,23-,25-/m1/s1. The van der Waals surface area contributed by atoms with Gasteiger partial charge in [-0.1, -0.05) is 91.0 Å². The van der Waals surface area contributed by atoms with Crippen LogP contribution in [0.1, 0.15) is 34.6 Å². The Hall–Kier alpha value is -3.51. The quantitative estimate of drug-likeness (QED) is 0.507. The van der Waals surface area contributed by atoms with Gasteiger partial charge in [0, 0.05) is 17.4 Å². The molecule has 5 atom stereocenters. The molecule has 2 aliphatic rings. The number of nitrogens with one attached hydrogen (secondary N) is 2. The minimum absolute atomic E-state index is 0.180. The maximum atomic E-state index is 13.5. The SMILES string of the molecule is O=C1NC[C@H](c2ccccc2)[C@]12N[C@H](c1ccccc1)[C@H]([N+](=O)[O-])[C@H]2c1ccccc1. The van der Waals surface area contributed by atoms with Crippen LogP contribution in [0.5, 0.6) is 0 Å². The molecule has 0 radical (unpaired) electrons. The van der Waals surface area contributed by atoms with Crippen LogP contribution in [0.4, 0.5) is 0 Å². The van der Waals surface area contributed by atoms with E-state index < -0.39 is 23.5 Å². The zero-order valence-electron chi connectivity index (χ0n) is 16.8. The van der Waals surface area contributed by atoms with Gasteiger partial charge in [0.15, 0.2) is 0 Å². The molecule has 1 spiro atoms. The molecule has 2 aliphatic heterocycles. The van der Waals surface area contributed by atoms with Gasteiger partial charge >= 0.3 is 0 Å². The number of benzene rings is 3. The summed E-state index contributed by atoms with van der Waals surface area (Å²) in [7, 11) is 0. The van der Waals surface area contributed by atoms with Crippen molar-refractivity contribution in [1.29, 1.82) is 0 Å². The Balaban J connectivity index is 1.74. The highest BCUT2D eigenvalue weighted by Gasteiger charge is 2.68. The summed E-state index contributed by atoms with van der Waals surface area (Å²) < 4.78 is 0. The lowest BCUT2D eigenvalue weighted by Gasteiger charge is -2.34. The van der Waals surface area contributed by atoms with Gasteiger partial charge in [0.2, 0.25) is 11.9 Å². The minimum atomic E-state index is -1.12. The lowest BCUT2D eigenvalue weighted by molar-refractivity contribution is -0.527. The monoisotopic (exact) mass is 413 g/mol. The molecule has 6 nitrogen and oxygen atoms in total. The van der Waals surface area contributed by atoms with E-state index in [2.05, 4.69) is 10.6 Å².